The first-order valence-corrected chi connectivity index (χ1v) is 4.94. The first kappa shape index (κ1) is 14.6. The average molecular weight is 230 g/mol. The number of hydrogen-bond donors (Lipinski definition) is 1. The fourth-order valence-corrected chi connectivity index (χ4v) is 1.16. The van der Waals surface area contributed by atoms with E-state index in [1.165, 1.54) is 7.11 Å². The van der Waals surface area contributed by atoms with E-state index in [-0.39, 0.29) is 25.0 Å². The Balaban J connectivity index is 3.91. The number of hydrogen-bond acceptors (Lipinski definition) is 6. The summed E-state index contributed by atoms with van der Waals surface area (Å²) in [6.45, 7) is 1.57. The molecule has 6 nitrogen and oxygen atoms in total. The van der Waals surface area contributed by atoms with E-state index in [0.717, 1.165) is 0 Å². The van der Waals surface area contributed by atoms with Gasteiger partial charge in [-0.2, -0.15) is 0 Å². The zero-order chi connectivity index (χ0) is 12.7. The lowest BCUT2D eigenvalue weighted by atomic mass is 10.0. The molecule has 0 bridgehead atoms. The van der Waals surface area contributed by atoms with Gasteiger partial charge in [-0.1, -0.05) is 6.92 Å². The molecule has 0 radical (unpaired) electrons. The van der Waals surface area contributed by atoms with Crippen LogP contribution in [0.5, 0.6) is 0 Å². The van der Waals surface area contributed by atoms with Crippen molar-refractivity contribution in [2.75, 3.05) is 7.11 Å². The Hall–Kier alpha value is -1.43. The molecule has 0 saturated carbocycles. The van der Waals surface area contributed by atoms with Crippen molar-refractivity contribution in [3.8, 4) is 0 Å². The minimum Gasteiger partial charge on any atom is -0.548 e. The van der Waals surface area contributed by atoms with Crippen LogP contribution in [0.15, 0.2) is 0 Å². The van der Waals surface area contributed by atoms with Crippen LogP contribution < -0.4 is 10.8 Å². The van der Waals surface area contributed by atoms with Gasteiger partial charge in [-0.15, -0.1) is 0 Å². The zero-order valence-corrected chi connectivity index (χ0v) is 9.39. The van der Waals surface area contributed by atoms with Gasteiger partial charge < -0.3 is 20.4 Å². The molecule has 0 aliphatic rings. The Bertz CT molecular complexity index is 276. The summed E-state index contributed by atoms with van der Waals surface area (Å²) in [6, 6.07) is -1.14. The molecule has 0 spiro atoms. The number of carbonyl (C=O) groups excluding carboxylic acids is 3. The van der Waals surface area contributed by atoms with Crippen LogP contribution in [0.2, 0.25) is 0 Å². The first-order chi connectivity index (χ1) is 7.38. The van der Waals surface area contributed by atoms with Crippen LogP contribution in [0.4, 0.5) is 0 Å². The van der Waals surface area contributed by atoms with E-state index in [9.17, 15) is 19.5 Å². The molecular weight excluding hydrogens is 214 g/mol. The summed E-state index contributed by atoms with van der Waals surface area (Å²) in [6.07, 6.45) is 0.0813. The van der Waals surface area contributed by atoms with Gasteiger partial charge in [0, 0.05) is 18.9 Å². The van der Waals surface area contributed by atoms with Gasteiger partial charge in [-0.3, -0.25) is 9.59 Å². The minimum atomic E-state index is -1.38. The van der Waals surface area contributed by atoms with Crippen molar-refractivity contribution in [1.29, 1.82) is 0 Å². The molecule has 0 heterocycles. The number of nitrogens with two attached hydrogens (primary N) is 1. The number of ketones is 1. The molecule has 0 aromatic carbocycles. The lowest BCUT2D eigenvalue weighted by Gasteiger charge is -2.12. The second-order valence-electron chi connectivity index (χ2n) is 3.63. The fourth-order valence-electron chi connectivity index (χ4n) is 1.16. The largest absolute Gasteiger partial charge is 0.548 e. The maximum Gasteiger partial charge on any atom is 0.308 e. The number of esters is 1. The van der Waals surface area contributed by atoms with E-state index in [1.54, 1.807) is 6.92 Å². The van der Waals surface area contributed by atoms with Crippen LogP contribution in [-0.4, -0.2) is 30.9 Å². The second-order valence-corrected chi connectivity index (χ2v) is 3.63. The third-order valence-corrected chi connectivity index (χ3v) is 2.17. The van der Waals surface area contributed by atoms with Crippen molar-refractivity contribution in [1.82, 2.24) is 0 Å². The Morgan fingerprint density at radius 3 is 2.38 bits per heavy atom. The molecule has 0 rings (SSSR count). The quantitative estimate of drug-likeness (QED) is 0.539. The Morgan fingerprint density at radius 1 is 1.38 bits per heavy atom. The second kappa shape index (κ2) is 6.95. The van der Waals surface area contributed by atoms with Gasteiger partial charge in [0.2, 0.25) is 0 Å². The van der Waals surface area contributed by atoms with Crippen LogP contribution >= 0.6 is 0 Å². The molecule has 0 aliphatic carbocycles. The van der Waals surface area contributed by atoms with Crippen molar-refractivity contribution < 1.29 is 24.2 Å². The van der Waals surface area contributed by atoms with E-state index >= 15 is 0 Å². The fraction of sp³-hybridized carbons (Fsp3) is 0.700. The van der Waals surface area contributed by atoms with Gasteiger partial charge in [0.25, 0.3) is 0 Å². The minimum absolute atomic E-state index is 0.0229. The maximum atomic E-state index is 11.3. The van der Waals surface area contributed by atoms with Crippen molar-refractivity contribution >= 4 is 17.7 Å². The van der Waals surface area contributed by atoms with Crippen molar-refractivity contribution in [3.63, 3.8) is 0 Å². The molecule has 2 N–H and O–H groups in total. The highest BCUT2D eigenvalue weighted by Gasteiger charge is 2.17. The zero-order valence-electron chi connectivity index (χ0n) is 9.39. The topological polar surface area (TPSA) is 110 Å². The summed E-state index contributed by atoms with van der Waals surface area (Å²) in [7, 11) is 1.25. The van der Waals surface area contributed by atoms with Crippen molar-refractivity contribution in [3.05, 3.63) is 0 Å². The summed E-state index contributed by atoms with van der Waals surface area (Å²) in [5.41, 5.74) is 5.18. The van der Waals surface area contributed by atoms with E-state index in [4.69, 9.17) is 5.73 Å². The summed E-state index contributed by atoms with van der Waals surface area (Å²) >= 11 is 0. The van der Waals surface area contributed by atoms with Gasteiger partial charge in [0.05, 0.1) is 19.0 Å². The number of carbonyl (C=O) groups is 3. The predicted octanol–water partition coefficient (Wildman–Crippen LogP) is -1.39. The van der Waals surface area contributed by atoms with Crippen molar-refractivity contribution in [2.45, 2.75) is 32.2 Å². The standard InChI is InChI=1S/C10H17NO5/c1-6(10(15)16-2)5-7(12)3-4-8(11)9(13)14/h6,8H,3-5,11H2,1-2H3,(H,13,14)/p-1. The third kappa shape index (κ3) is 5.45. The molecule has 16 heavy (non-hydrogen) atoms. The number of Topliss-reactive ketones (excluding diaryl/α,β-unsaturated/α-hetero) is 1. The molecule has 0 amide bonds. The third-order valence-electron chi connectivity index (χ3n) is 2.17. The number of carboxylic acids is 1. The number of rotatable bonds is 7. The smallest absolute Gasteiger partial charge is 0.308 e. The monoisotopic (exact) mass is 230 g/mol. The van der Waals surface area contributed by atoms with Crippen LogP contribution in [0.3, 0.4) is 0 Å². The Labute approximate surface area is 93.8 Å². The predicted molar refractivity (Wildman–Crippen MR) is 53.0 cm³/mol. The highest BCUT2D eigenvalue weighted by Crippen LogP contribution is 2.08. The maximum absolute atomic E-state index is 11.3. The summed E-state index contributed by atoms with van der Waals surface area (Å²) < 4.78 is 4.46. The van der Waals surface area contributed by atoms with E-state index < -0.39 is 23.9 Å². The number of methoxy groups -OCH3 is 1. The number of ether oxygens (including phenoxy) is 1. The molecular formula is C10H16NO5-. The number of carboxylic acid groups (broad SMARTS) is 1. The van der Waals surface area contributed by atoms with Gasteiger partial charge in [0.1, 0.15) is 5.78 Å². The lowest BCUT2D eigenvalue weighted by molar-refractivity contribution is -0.307. The summed E-state index contributed by atoms with van der Waals surface area (Å²) in [4.78, 5) is 32.6. The van der Waals surface area contributed by atoms with Crippen LogP contribution in [-0.2, 0) is 19.1 Å². The van der Waals surface area contributed by atoms with E-state index in [0.29, 0.717) is 0 Å². The first-order valence-electron chi connectivity index (χ1n) is 4.94. The summed E-state index contributed by atoms with van der Waals surface area (Å²) in [5.74, 6) is -2.57. The SMILES string of the molecule is COC(=O)C(C)CC(=O)CCC(N)C(=O)[O-]. The normalized spacial score (nSPS) is 13.9. The molecule has 2 unspecified atom stereocenters. The van der Waals surface area contributed by atoms with Gasteiger partial charge in [-0.25, -0.2) is 0 Å². The van der Waals surface area contributed by atoms with Crippen molar-refractivity contribution in [2.24, 2.45) is 11.7 Å². The van der Waals surface area contributed by atoms with Crippen LogP contribution in [0.25, 0.3) is 0 Å². The molecule has 0 aromatic rings. The molecule has 0 saturated heterocycles. The van der Waals surface area contributed by atoms with E-state index in [2.05, 4.69) is 4.74 Å². The van der Waals surface area contributed by atoms with Crippen LogP contribution in [0, 0.1) is 5.92 Å². The number of aliphatic carboxylic acids is 1. The molecule has 92 valence electrons. The summed E-state index contributed by atoms with van der Waals surface area (Å²) in [5, 5.41) is 10.3. The Kier molecular flexibility index (Phi) is 6.32. The highest BCUT2D eigenvalue weighted by atomic mass is 16.5. The lowest BCUT2D eigenvalue weighted by Crippen LogP contribution is -2.42. The molecule has 6 heteroatoms. The highest BCUT2D eigenvalue weighted by molar-refractivity contribution is 5.84. The molecule has 2 atom stereocenters. The molecule has 0 aromatic heterocycles. The average Bonchev–Trinajstić information content (AvgIpc) is 2.24. The Morgan fingerprint density at radius 2 is 1.94 bits per heavy atom. The van der Waals surface area contributed by atoms with E-state index in [1.807, 2.05) is 0 Å². The molecule has 0 fully saturated rings. The van der Waals surface area contributed by atoms with Gasteiger partial charge in [-0.05, 0) is 6.42 Å². The molecule has 0 aliphatic heterocycles. The van der Waals surface area contributed by atoms with Gasteiger partial charge in [0.15, 0.2) is 0 Å². The van der Waals surface area contributed by atoms with Gasteiger partial charge >= 0.3 is 5.97 Å². The van der Waals surface area contributed by atoms with Crippen LogP contribution in [0.1, 0.15) is 26.2 Å².